The van der Waals surface area contributed by atoms with E-state index in [1.54, 1.807) is 0 Å². The van der Waals surface area contributed by atoms with Crippen LogP contribution in [0.1, 0.15) is 73.4 Å². The number of piperidine rings is 1. The fourth-order valence-corrected chi connectivity index (χ4v) is 5.05. The second kappa shape index (κ2) is 11.7. The van der Waals surface area contributed by atoms with Gasteiger partial charge in [-0.25, -0.2) is 9.97 Å². The smallest absolute Gasteiger partial charge is 0.251 e. The molecule has 0 radical (unpaired) electrons. The number of nitrogens with zero attached hydrogens (tertiary/aromatic N) is 3. The molecule has 0 unspecified atom stereocenters. The van der Waals surface area contributed by atoms with Crippen molar-refractivity contribution in [1.82, 2.24) is 15.3 Å². The van der Waals surface area contributed by atoms with Crippen molar-refractivity contribution in [3.8, 4) is 11.3 Å². The van der Waals surface area contributed by atoms with Gasteiger partial charge in [0.2, 0.25) is 5.95 Å². The van der Waals surface area contributed by atoms with Crippen molar-refractivity contribution in [2.45, 2.75) is 58.5 Å². The maximum Gasteiger partial charge on any atom is 0.251 e. The molecule has 194 valence electrons. The lowest BCUT2D eigenvalue weighted by atomic mass is 9.98. The molecule has 2 aromatic carbocycles. The molecule has 1 fully saturated rings. The summed E-state index contributed by atoms with van der Waals surface area (Å²) >= 11 is 0. The van der Waals surface area contributed by atoms with E-state index >= 15 is 0 Å². The number of aromatic nitrogens is 2. The van der Waals surface area contributed by atoms with Crippen molar-refractivity contribution in [2.24, 2.45) is 0 Å². The van der Waals surface area contributed by atoms with Gasteiger partial charge in [-0.05, 0) is 73.9 Å². The predicted molar refractivity (Wildman–Crippen MR) is 149 cm³/mol. The van der Waals surface area contributed by atoms with E-state index in [9.17, 15) is 4.79 Å². The lowest BCUT2D eigenvalue weighted by Crippen LogP contribution is -2.30. The fourth-order valence-electron chi connectivity index (χ4n) is 5.05. The second-order valence-corrected chi connectivity index (χ2v) is 10.3. The Morgan fingerprint density at radius 1 is 0.946 bits per heavy atom. The number of ether oxygens (including phenoxy) is 1. The minimum atomic E-state index is -0.0540. The predicted octanol–water partition coefficient (Wildman–Crippen LogP) is 6.04. The third-order valence-electron chi connectivity index (χ3n) is 7.15. The Bertz CT molecular complexity index is 1220. The van der Waals surface area contributed by atoms with Crippen LogP contribution in [0.3, 0.4) is 0 Å². The van der Waals surface area contributed by atoms with E-state index in [0.717, 1.165) is 48.4 Å². The first-order chi connectivity index (χ1) is 18.1. The molecule has 4 heterocycles. The van der Waals surface area contributed by atoms with E-state index in [1.807, 2.05) is 30.5 Å². The summed E-state index contributed by atoms with van der Waals surface area (Å²) in [6.07, 6.45) is 7.44. The van der Waals surface area contributed by atoms with Crippen molar-refractivity contribution in [3.63, 3.8) is 0 Å². The Kier molecular flexibility index (Phi) is 7.99. The van der Waals surface area contributed by atoms with Gasteiger partial charge in [0, 0.05) is 60.5 Å². The van der Waals surface area contributed by atoms with Gasteiger partial charge in [0.25, 0.3) is 5.91 Å². The number of nitrogens with one attached hydrogen (secondary N) is 2. The highest BCUT2D eigenvalue weighted by Gasteiger charge is 2.17. The monoisotopic (exact) mass is 499 g/mol. The van der Waals surface area contributed by atoms with E-state index in [1.165, 1.54) is 30.5 Å². The van der Waals surface area contributed by atoms with Crippen LogP contribution in [0.4, 0.5) is 17.3 Å². The second-order valence-electron chi connectivity index (χ2n) is 10.3. The summed E-state index contributed by atoms with van der Waals surface area (Å²) < 4.78 is 6.10. The first-order valence-electron chi connectivity index (χ1n) is 13.6. The van der Waals surface area contributed by atoms with E-state index in [4.69, 9.17) is 9.72 Å². The van der Waals surface area contributed by atoms with E-state index in [0.29, 0.717) is 31.3 Å². The standard InChI is InChI=1S/C30H37N5O2/c1-21(2)26-19-32-30-33-25-12-13-27(35-15-5-3-6-16-35)24(18-25)20-37-17-7-4-14-31-29(36)23-10-8-22(9-11-23)28(26)34-30/h8-13,18-19,21H,3-7,14-17,20H2,1-2H3,(H,31,36)(H,32,33,34). The van der Waals surface area contributed by atoms with Gasteiger partial charge in [-0.3, -0.25) is 4.79 Å². The van der Waals surface area contributed by atoms with Crippen LogP contribution in [0.15, 0.2) is 48.7 Å². The fraction of sp³-hybridized carbons (Fsp3) is 0.433. The topological polar surface area (TPSA) is 79.4 Å². The number of hydrogen-bond acceptors (Lipinski definition) is 6. The van der Waals surface area contributed by atoms with Gasteiger partial charge in [-0.15, -0.1) is 0 Å². The van der Waals surface area contributed by atoms with Crippen LogP contribution in [-0.4, -0.2) is 42.1 Å². The van der Waals surface area contributed by atoms with Crippen molar-refractivity contribution in [2.75, 3.05) is 36.5 Å². The van der Waals surface area contributed by atoms with Crippen LogP contribution in [-0.2, 0) is 11.3 Å². The number of carbonyl (C=O) groups is 1. The lowest BCUT2D eigenvalue weighted by Gasteiger charge is -2.31. The average molecular weight is 500 g/mol. The molecule has 0 atom stereocenters. The van der Waals surface area contributed by atoms with Gasteiger partial charge < -0.3 is 20.3 Å². The van der Waals surface area contributed by atoms with E-state index in [-0.39, 0.29) is 11.8 Å². The molecule has 1 amide bonds. The molecule has 37 heavy (non-hydrogen) atoms. The molecule has 3 aromatic rings. The first-order valence-corrected chi connectivity index (χ1v) is 13.6. The van der Waals surface area contributed by atoms with Crippen molar-refractivity contribution in [1.29, 1.82) is 0 Å². The third kappa shape index (κ3) is 6.10. The number of anilines is 3. The largest absolute Gasteiger partial charge is 0.377 e. The normalized spacial score (nSPS) is 16.9. The van der Waals surface area contributed by atoms with Crippen molar-refractivity contribution >= 4 is 23.2 Å². The molecule has 7 heteroatoms. The highest BCUT2D eigenvalue weighted by atomic mass is 16.5. The van der Waals surface area contributed by atoms with Crippen molar-refractivity contribution in [3.05, 3.63) is 65.4 Å². The minimum Gasteiger partial charge on any atom is -0.377 e. The number of amides is 1. The number of carbonyl (C=O) groups excluding carboxylic acids is 1. The van der Waals surface area contributed by atoms with Crippen LogP contribution in [0, 0.1) is 0 Å². The summed E-state index contributed by atoms with van der Waals surface area (Å²) in [6.45, 7) is 8.30. The SMILES string of the molecule is CC(C)c1cnc2nc1-c1ccc(cc1)C(=O)NCCCCOCc1cc(ccc1N1CCCCC1)N2. The minimum absolute atomic E-state index is 0.0540. The van der Waals surface area contributed by atoms with Crippen LogP contribution >= 0.6 is 0 Å². The van der Waals surface area contributed by atoms with Crippen LogP contribution in [0.5, 0.6) is 0 Å². The quantitative estimate of drug-likeness (QED) is 0.447. The Labute approximate surface area is 219 Å². The maximum absolute atomic E-state index is 12.6. The number of hydrogen-bond donors (Lipinski definition) is 2. The van der Waals surface area contributed by atoms with Gasteiger partial charge in [0.15, 0.2) is 0 Å². The number of benzene rings is 2. The molecule has 3 aliphatic rings. The average Bonchev–Trinajstić information content (AvgIpc) is 2.92. The summed E-state index contributed by atoms with van der Waals surface area (Å²) in [5.41, 5.74) is 6.95. The molecular formula is C30H37N5O2. The summed E-state index contributed by atoms with van der Waals surface area (Å²) in [6, 6.07) is 14.2. The highest BCUT2D eigenvalue weighted by Crippen LogP contribution is 2.31. The molecule has 0 aliphatic carbocycles. The Hall–Kier alpha value is -3.45. The van der Waals surface area contributed by atoms with Gasteiger partial charge in [-0.1, -0.05) is 26.0 Å². The molecule has 7 nitrogen and oxygen atoms in total. The highest BCUT2D eigenvalue weighted by molar-refractivity contribution is 5.94. The molecule has 3 aliphatic heterocycles. The first kappa shape index (κ1) is 25.2. The molecule has 6 bridgehead atoms. The van der Waals surface area contributed by atoms with Gasteiger partial charge in [0.1, 0.15) is 0 Å². The molecule has 0 saturated carbocycles. The Morgan fingerprint density at radius 2 is 1.73 bits per heavy atom. The molecule has 0 spiro atoms. The Balaban J connectivity index is 1.51. The van der Waals surface area contributed by atoms with E-state index in [2.05, 4.69) is 52.6 Å². The molecule has 1 saturated heterocycles. The Morgan fingerprint density at radius 3 is 2.51 bits per heavy atom. The lowest BCUT2D eigenvalue weighted by molar-refractivity contribution is 0.0946. The van der Waals surface area contributed by atoms with Gasteiger partial charge in [-0.2, -0.15) is 0 Å². The summed E-state index contributed by atoms with van der Waals surface area (Å²) in [4.78, 5) is 24.7. The van der Waals surface area contributed by atoms with Crippen LogP contribution in [0.2, 0.25) is 0 Å². The number of fused-ring (bicyclic) bond motifs is 9. The molecule has 2 N–H and O–H groups in total. The third-order valence-corrected chi connectivity index (χ3v) is 7.15. The zero-order valence-electron chi connectivity index (χ0n) is 21.9. The van der Waals surface area contributed by atoms with Gasteiger partial charge in [0.05, 0.1) is 12.3 Å². The zero-order chi connectivity index (χ0) is 25.6. The van der Waals surface area contributed by atoms with Crippen LogP contribution in [0.25, 0.3) is 11.3 Å². The molecule has 6 rings (SSSR count). The van der Waals surface area contributed by atoms with Gasteiger partial charge >= 0.3 is 0 Å². The number of rotatable bonds is 2. The zero-order valence-corrected chi connectivity index (χ0v) is 21.9. The summed E-state index contributed by atoms with van der Waals surface area (Å²) in [5.74, 6) is 0.764. The maximum atomic E-state index is 12.6. The van der Waals surface area contributed by atoms with E-state index < -0.39 is 0 Å². The van der Waals surface area contributed by atoms with Crippen molar-refractivity contribution < 1.29 is 9.53 Å². The summed E-state index contributed by atoms with van der Waals surface area (Å²) in [5, 5.41) is 6.46. The molecular weight excluding hydrogens is 462 g/mol. The summed E-state index contributed by atoms with van der Waals surface area (Å²) in [7, 11) is 0. The van der Waals surface area contributed by atoms with Crippen LogP contribution < -0.4 is 15.5 Å². The molecule has 1 aromatic heterocycles.